The lowest BCUT2D eigenvalue weighted by atomic mass is 9.93. The van der Waals surface area contributed by atoms with E-state index in [0.717, 1.165) is 30.4 Å². The van der Waals surface area contributed by atoms with E-state index in [0.29, 0.717) is 28.9 Å². The minimum Gasteiger partial charge on any atom is -0.341 e. The van der Waals surface area contributed by atoms with E-state index in [1.54, 1.807) is 0 Å². The zero-order valence-electron chi connectivity index (χ0n) is 16.6. The zero-order chi connectivity index (χ0) is 21.6. The summed E-state index contributed by atoms with van der Waals surface area (Å²) in [5.74, 6) is 0.228. The van der Waals surface area contributed by atoms with Crippen molar-refractivity contribution in [3.8, 4) is 0 Å². The van der Waals surface area contributed by atoms with Gasteiger partial charge in [-0.05, 0) is 34.9 Å². The predicted octanol–water partition coefficient (Wildman–Crippen LogP) is 1.06. The number of halogens is 2. The van der Waals surface area contributed by atoms with Crippen molar-refractivity contribution in [2.75, 3.05) is 18.8 Å². The summed E-state index contributed by atoms with van der Waals surface area (Å²) in [5, 5.41) is 12.8. The molecule has 3 aromatic rings. The average Bonchev–Trinajstić information content (AvgIpc) is 3.49. The molecule has 166 valence electrons. The molecule has 13 heteroatoms. The number of hydrogen-bond acceptors (Lipinski definition) is 7. The van der Waals surface area contributed by atoms with Crippen molar-refractivity contribution in [2.24, 2.45) is 0 Å². The number of hydrogen-bond donors (Lipinski definition) is 3. The Kier molecular flexibility index (Phi) is 5.65. The van der Waals surface area contributed by atoms with Crippen LogP contribution >= 0.6 is 23.2 Å². The normalized spacial score (nSPS) is 19.9. The first-order chi connectivity index (χ1) is 14.9. The molecule has 3 N–H and O–H groups in total. The number of aromatic nitrogens is 5. The molecule has 2 aliphatic heterocycles. The van der Waals surface area contributed by atoms with Crippen LogP contribution in [0.3, 0.4) is 0 Å². The molecule has 0 amide bonds. The van der Waals surface area contributed by atoms with E-state index in [1.165, 1.54) is 22.3 Å². The van der Waals surface area contributed by atoms with Gasteiger partial charge in [-0.2, -0.15) is 0 Å². The molecule has 0 saturated carbocycles. The van der Waals surface area contributed by atoms with E-state index in [1.807, 2.05) is 12.1 Å². The molecule has 31 heavy (non-hydrogen) atoms. The third-order valence-electron chi connectivity index (χ3n) is 5.96. The topological polar surface area (TPSA) is 119 Å². The second-order valence-corrected chi connectivity index (χ2v) is 10.6. The number of fused-ring (bicyclic) bond motifs is 3. The number of aryl methyl sites for hydroxylation is 1. The van der Waals surface area contributed by atoms with Gasteiger partial charge >= 0.3 is 0 Å². The van der Waals surface area contributed by atoms with Crippen LogP contribution in [-0.4, -0.2) is 58.1 Å². The van der Waals surface area contributed by atoms with Gasteiger partial charge in [0.2, 0.25) is 10.0 Å². The Morgan fingerprint density at radius 3 is 2.77 bits per heavy atom. The molecule has 2 aliphatic rings. The van der Waals surface area contributed by atoms with Crippen molar-refractivity contribution in [3.05, 3.63) is 39.8 Å². The summed E-state index contributed by atoms with van der Waals surface area (Å²) in [6, 6.07) is 3.62. The van der Waals surface area contributed by atoms with Crippen LogP contribution in [0.2, 0.25) is 10.0 Å². The molecule has 1 fully saturated rings. The number of nitrogens with zero attached hydrogens (tertiary/aromatic N) is 5. The van der Waals surface area contributed by atoms with Crippen molar-refractivity contribution in [2.45, 2.75) is 37.9 Å². The van der Waals surface area contributed by atoms with E-state index in [9.17, 15) is 8.42 Å². The van der Waals surface area contributed by atoms with Crippen LogP contribution in [0.1, 0.15) is 23.6 Å². The highest BCUT2D eigenvalue weighted by Crippen LogP contribution is 2.41. The number of benzene rings is 1. The minimum absolute atomic E-state index is 0.0922. The number of nitrogens with one attached hydrogen (secondary N) is 3. The second-order valence-electron chi connectivity index (χ2n) is 7.93. The Hall–Kier alpha value is -1.76. The van der Waals surface area contributed by atoms with E-state index in [2.05, 4.69) is 35.7 Å². The van der Waals surface area contributed by atoms with Crippen LogP contribution < -0.4 is 15.6 Å². The van der Waals surface area contributed by atoms with Gasteiger partial charge in [0, 0.05) is 42.7 Å². The molecule has 1 atom stereocenters. The van der Waals surface area contributed by atoms with Gasteiger partial charge in [0.25, 0.3) is 0 Å². The van der Waals surface area contributed by atoms with Crippen molar-refractivity contribution >= 4 is 44.1 Å². The van der Waals surface area contributed by atoms with Gasteiger partial charge in [-0.1, -0.05) is 29.3 Å². The van der Waals surface area contributed by atoms with E-state index in [-0.39, 0.29) is 18.3 Å². The van der Waals surface area contributed by atoms with Crippen molar-refractivity contribution in [3.63, 3.8) is 0 Å². The fraction of sp³-hybridized carbons (Fsp3) is 0.500. The Morgan fingerprint density at radius 1 is 1.23 bits per heavy atom. The monoisotopic (exact) mass is 484 g/mol. The predicted molar refractivity (Wildman–Crippen MR) is 118 cm³/mol. The lowest BCUT2D eigenvalue weighted by Gasteiger charge is -2.27. The van der Waals surface area contributed by atoms with Crippen LogP contribution in [0.5, 0.6) is 0 Å². The highest BCUT2D eigenvalue weighted by molar-refractivity contribution is 7.89. The molecule has 0 radical (unpaired) electrons. The molecule has 0 bridgehead atoms. The molecule has 10 nitrogen and oxygen atoms in total. The smallest absolute Gasteiger partial charge is 0.213 e. The van der Waals surface area contributed by atoms with Crippen LogP contribution in [-0.2, 0) is 29.5 Å². The van der Waals surface area contributed by atoms with Crippen LogP contribution in [0.15, 0.2) is 18.5 Å². The lowest BCUT2D eigenvalue weighted by molar-refractivity contribution is 0.429. The fourth-order valence-corrected chi connectivity index (χ4v) is 6.24. The van der Waals surface area contributed by atoms with Gasteiger partial charge in [0.1, 0.15) is 6.33 Å². The highest BCUT2D eigenvalue weighted by atomic mass is 35.5. The highest BCUT2D eigenvalue weighted by Gasteiger charge is 2.32. The lowest BCUT2D eigenvalue weighted by Crippen LogP contribution is -2.42. The Morgan fingerprint density at radius 2 is 2.03 bits per heavy atom. The Labute approximate surface area is 189 Å². The first-order valence-corrected chi connectivity index (χ1v) is 12.5. The van der Waals surface area contributed by atoms with Crippen LogP contribution in [0.4, 0.5) is 0 Å². The van der Waals surface area contributed by atoms with Gasteiger partial charge < -0.3 is 4.57 Å². The maximum atomic E-state index is 12.6. The number of tetrazole rings is 1. The summed E-state index contributed by atoms with van der Waals surface area (Å²) in [6.45, 7) is 2.36. The third-order valence-corrected chi connectivity index (χ3v) is 8.16. The van der Waals surface area contributed by atoms with Crippen molar-refractivity contribution in [1.82, 2.24) is 40.3 Å². The minimum atomic E-state index is -3.50. The molecule has 1 unspecified atom stereocenters. The molecule has 5 rings (SSSR count). The summed E-state index contributed by atoms with van der Waals surface area (Å²) in [7, 11) is -3.50. The molecular weight excluding hydrogens is 463 g/mol. The first kappa shape index (κ1) is 21.1. The van der Waals surface area contributed by atoms with Crippen molar-refractivity contribution in [1.29, 1.82) is 0 Å². The Balaban J connectivity index is 1.44. The maximum Gasteiger partial charge on any atom is 0.213 e. The molecule has 1 saturated heterocycles. The molecule has 4 heterocycles. The number of rotatable bonds is 6. The summed E-state index contributed by atoms with van der Waals surface area (Å²) < 4.78 is 31.7. The standard InChI is InChI=1S/C18H22Cl2N8O2S/c19-14-3-2-13-16(11-7-21-22-8-11)15-4-1-12(9-28(15)18(13)17(14)20)24-31(29,30)6-5-27-10-23-25-26-27/h2-3,10-12,21-22,24H,1,4-9H2. The van der Waals surface area contributed by atoms with E-state index < -0.39 is 10.0 Å². The van der Waals surface area contributed by atoms with E-state index in [4.69, 9.17) is 23.2 Å². The van der Waals surface area contributed by atoms with Gasteiger partial charge in [-0.15, -0.1) is 5.10 Å². The van der Waals surface area contributed by atoms with Gasteiger partial charge in [0.05, 0.1) is 27.9 Å². The SMILES string of the molecule is O=S(=O)(CCn1cnnn1)NC1CCc2c(C3CNNC3)c3ccc(Cl)c(Cl)c3n2C1. The van der Waals surface area contributed by atoms with Gasteiger partial charge in [-0.25, -0.2) is 17.8 Å². The summed E-state index contributed by atoms with van der Waals surface area (Å²) >= 11 is 13.0. The largest absolute Gasteiger partial charge is 0.341 e. The quantitative estimate of drug-likeness (QED) is 0.478. The summed E-state index contributed by atoms with van der Waals surface area (Å²) in [5.41, 5.74) is 9.75. The van der Waals surface area contributed by atoms with Gasteiger partial charge in [0.15, 0.2) is 0 Å². The van der Waals surface area contributed by atoms with Gasteiger partial charge in [-0.3, -0.25) is 10.9 Å². The summed E-state index contributed by atoms with van der Waals surface area (Å²) in [4.78, 5) is 0. The van der Waals surface area contributed by atoms with Crippen molar-refractivity contribution < 1.29 is 8.42 Å². The molecule has 0 aliphatic carbocycles. The molecule has 2 aromatic heterocycles. The van der Waals surface area contributed by atoms with Crippen LogP contribution in [0, 0.1) is 0 Å². The fourth-order valence-electron chi connectivity index (χ4n) is 4.58. The number of hydrazine groups is 1. The molecular formula is C18H22Cl2N8O2S. The Bertz CT molecular complexity index is 1210. The third kappa shape index (κ3) is 4.06. The zero-order valence-corrected chi connectivity index (χ0v) is 18.9. The van der Waals surface area contributed by atoms with E-state index >= 15 is 0 Å². The maximum absolute atomic E-state index is 12.6. The molecule has 0 spiro atoms. The second kappa shape index (κ2) is 8.30. The average molecular weight is 485 g/mol. The summed E-state index contributed by atoms with van der Waals surface area (Å²) in [6.07, 6.45) is 2.87. The molecule has 1 aromatic carbocycles. The first-order valence-electron chi connectivity index (χ1n) is 10.1. The number of sulfonamides is 1. The van der Waals surface area contributed by atoms with Crippen LogP contribution in [0.25, 0.3) is 10.9 Å².